The average Bonchev–Trinajstić information content (AvgIpc) is 2.78. The smallest absolute Gasteiger partial charge is 0.136 e. The van der Waals surface area contributed by atoms with Gasteiger partial charge in [0.25, 0.3) is 0 Å². The minimum atomic E-state index is 0.404. The van der Waals surface area contributed by atoms with Crippen LogP contribution in [0, 0.1) is 12.8 Å². The van der Waals surface area contributed by atoms with E-state index in [9.17, 15) is 0 Å². The summed E-state index contributed by atoms with van der Waals surface area (Å²) in [5.41, 5.74) is 7.52. The number of aryl methyl sites for hydroxylation is 1. The fourth-order valence-corrected chi connectivity index (χ4v) is 3.32. The minimum Gasteiger partial charge on any atom is -0.389 e. The van der Waals surface area contributed by atoms with Crippen LogP contribution in [0.1, 0.15) is 17.7 Å². The molecule has 0 radical (unpaired) electrons. The first-order chi connectivity index (χ1) is 8.16. The fourth-order valence-electron chi connectivity index (χ4n) is 1.88. The number of thiocarbonyl (C=S) groups is 1. The molecule has 0 amide bonds. The van der Waals surface area contributed by atoms with Crippen molar-refractivity contribution in [3.05, 3.63) is 23.4 Å². The van der Waals surface area contributed by atoms with E-state index in [1.54, 1.807) is 0 Å². The molecule has 3 N–H and O–H groups in total. The Labute approximate surface area is 112 Å². The number of pyridine rings is 1. The molecule has 17 heavy (non-hydrogen) atoms. The van der Waals surface area contributed by atoms with Gasteiger partial charge >= 0.3 is 0 Å². The summed E-state index contributed by atoms with van der Waals surface area (Å²) < 4.78 is 0. The van der Waals surface area contributed by atoms with Gasteiger partial charge in [-0.3, -0.25) is 0 Å². The van der Waals surface area contributed by atoms with Crippen molar-refractivity contribution >= 4 is 34.8 Å². The lowest BCUT2D eigenvalue weighted by Gasteiger charge is -2.14. The van der Waals surface area contributed by atoms with E-state index in [0.717, 1.165) is 29.5 Å². The molecule has 0 bridgehead atoms. The Kier molecular flexibility index (Phi) is 4.23. The Balaban J connectivity index is 2.07. The maximum absolute atomic E-state index is 5.70. The summed E-state index contributed by atoms with van der Waals surface area (Å²) in [6.07, 6.45) is 1.28. The third-order valence-electron chi connectivity index (χ3n) is 2.88. The Morgan fingerprint density at radius 3 is 3.12 bits per heavy atom. The molecule has 2 rings (SSSR count). The van der Waals surface area contributed by atoms with Gasteiger partial charge in [0.15, 0.2) is 0 Å². The van der Waals surface area contributed by atoms with Crippen molar-refractivity contribution in [3.8, 4) is 0 Å². The van der Waals surface area contributed by atoms with Crippen LogP contribution in [0.2, 0.25) is 0 Å². The third-order valence-corrected chi connectivity index (χ3v) is 4.33. The molecule has 1 unspecified atom stereocenters. The normalized spacial score (nSPS) is 19.2. The molecular formula is C12H17N3S2. The molecule has 1 aromatic rings. The van der Waals surface area contributed by atoms with Gasteiger partial charge in [0.2, 0.25) is 0 Å². The molecule has 0 saturated carbocycles. The number of nitrogens with zero attached hydrogens (tertiary/aromatic N) is 1. The highest BCUT2D eigenvalue weighted by Crippen LogP contribution is 2.24. The van der Waals surface area contributed by atoms with Crippen molar-refractivity contribution in [1.82, 2.24) is 4.98 Å². The van der Waals surface area contributed by atoms with Gasteiger partial charge in [0, 0.05) is 12.2 Å². The molecule has 1 aromatic heterocycles. The van der Waals surface area contributed by atoms with Gasteiger partial charge in [-0.1, -0.05) is 12.2 Å². The third kappa shape index (κ3) is 3.33. The monoisotopic (exact) mass is 267 g/mol. The maximum atomic E-state index is 5.70. The van der Waals surface area contributed by atoms with Crippen molar-refractivity contribution in [1.29, 1.82) is 0 Å². The quantitative estimate of drug-likeness (QED) is 0.819. The number of thioether (sulfide) groups is 1. The number of hydrogen-bond acceptors (Lipinski definition) is 4. The zero-order chi connectivity index (χ0) is 12.3. The Morgan fingerprint density at radius 1 is 1.65 bits per heavy atom. The van der Waals surface area contributed by atoms with Crippen LogP contribution in [0.4, 0.5) is 5.82 Å². The molecule has 0 spiro atoms. The standard InChI is InChI=1S/C12H17N3S2/c1-8-2-3-10(11(13)16)12(15-8)14-6-9-4-5-17-7-9/h2-3,9H,4-7H2,1H3,(H2,13,16)(H,14,15). The van der Waals surface area contributed by atoms with Crippen LogP contribution in [0.25, 0.3) is 0 Å². The van der Waals surface area contributed by atoms with E-state index in [1.807, 2.05) is 30.8 Å². The number of rotatable bonds is 4. The molecule has 5 heteroatoms. The predicted molar refractivity (Wildman–Crippen MR) is 78.8 cm³/mol. The summed E-state index contributed by atoms with van der Waals surface area (Å²) in [7, 11) is 0. The predicted octanol–water partition coefficient (Wildman–Crippen LogP) is 2.19. The Bertz CT molecular complexity index is 414. The lowest BCUT2D eigenvalue weighted by molar-refractivity contribution is 0.630. The van der Waals surface area contributed by atoms with Gasteiger partial charge in [-0.05, 0) is 42.9 Å². The van der Waals surface area contributed by atoms with E-state index in [-0.39, 0.29) is 0 Å². The van der Waals surface area contributed by atoms with E-state index in [1.165, 1.54) is 17.9 Å². The lowest BCUT2D eigenvalue weighted by atomic mass is 10.1. The van der Waals surface area contributed by atoms with Crippen LogP contribution >= 0.6 is 24.0 Å². The van der Waals surface area contributed by atoms with Gasteiger partial charge in [0.05, 0.1) is 5.56 Å². The van der Waals surface area contributed by atoms with Crippen molar-refractivity contribution in [2.24, 2.45) is 11.7 Å². The average molecular weight is 267 g/mol. The second-order valence-electron chi connectivity index (χ2n) is 4.32. The highest BCUT2D eigenvalue weighted by molar-refractivity contribution is 7.99. The number of anilines is 1. The Morgan fingerprint density at radius 2 is 2.47 bits per heavy atom. The minimum absolute atomic E-state index is 0.404. The molecule has 1 aliphatic rings. The molecule has 0 aromatic carbocycles. The molecule has 0 aliphatic carbocycles. The van der Waals surface area contributed by atoms with Gasteiger partial charge in [-0.15, -0.1) is 0 Å². The second-order valence-corrected chi connectivity index (χ2v) is 5.91. The zero-order valence-electron chi connectivity index (χ0n) is 9.90. The highest BCUT2D eigenvalue weighted by Gasteiger charge is 2.16. The summed E-state index contributed by atoms with van der Waals surface area (Å²) >= 11 is 7.06. The van der Waals surface area contributed by atoms with E-state index < -0.39 is 0 Å². The van der Waals surface area contributed by atoms with Crippen molar-refractivity contribution < 1.29 is 0 Å². The van der Waals surface area contributed by atoms with Crippen LogP contribution in [-0.4, -0.2) is 28.0 Å². The Hall–Kier alpha value is -0.810. The fraction of sp³-hybridized carbons (Fsp3) is 0.500. The molecule has 1 saturated heterocycles. The van der Waals surface area contributed by atoms with Crippen LogP contribution in [0.15, 0.2) is 12.1 Å². The van der Waals surface area contributed by atoms with Gasteiger partial charge < -0.3 is 11.1 Å². The molecule has 1 fully saturated rings. The SMILES string of the molecule is Cc1ccc(C(N)=S)c(NCC2CCSC2)n1. The molecule has 3 nitrogen and oxygen atoms in total. The molecule has 2 heterocycles. The summed E-state index contributed by atoms with van der Waals surface area (Å²) in [5.74, 6) is 4.08. The van der Waals surface area contributed by atoms with E-state index in [2.05, 4.69) is 10.3 Å². The number of nitrogens with two attached hydrogens (primary N) is 1. The second kappa shape index (κ2) is 5.69. The molecule has 92 valence electrons. The zero-order valence-corrected chi connectivity index (χ0v) is 11.5. The molecular weight excluding hydrogens is 250 g/mol. The van der Waals surface area contributed by atoms with Crippen molar-refractivity contribution in [2.75, 3.05) is 23.4 Å². The first-order valence-corrected chi connectivity index (χ1v) is 7.32. The topological polar surface area (TPSA) is 50.9 Å². The first-order valence-electron chi connectivity index (χ1n) is 5.76. The summed E-state index contributed by atoms with van der Waals surface area (Å²) in [5, 5.41) is 3.39. The van der Waals surface area contributed by atoms with E-state index >= 15 is 0 Å². The first kappa shape index (κ1) is 12.6. The summed E-state index contributed by atoms with van der Waals surface area (Å²) in [6, 6.07) is 3.88. The highest BCUT2D eigenvalue weighted by atomic mass is 32.2. The molecule has 1 atom stereocenters. The van der Waals surface area contributed by atoms with E-state index in [4.69, 9.17) is 18.0 Å². The van der Waals surface area contributed by atoms with Gasteiger partial charge in [0.1, 0.15) is 10.8 Å². The lowest BCUT2D eigenvalue weighted by Crippen LogP contribution is -2.19. The number of hydrogen-bond donors (Lipinski definition) is 2. The van der Waals surface area contributed by atoms with Crippen LogP contribution < -0.4 is 11.1 Å². The number of aromatic nitrogens is 1. The van der Waals surface area contributed by atoms with Crippen molar-refractivity contribution in [3.63, 3.8) is 0 Å². The van der Waals surface area contributed by atoms with Gasteiger partial charge in [-0.2, -0.15) is 11.8 Å². The summed E-state index contributed by atoms with van der Waals surface area (Å²) in [6.45, 7) is 2.93. The largest absolute Gasteiger partial charge is 0.389 e. The van der Waals surface area contributed by atoms with Crippen LogP contribution in [-0.2, 0) is 0 Å². The van der Waals surface area contributed by atoms with Gasteiger partial charge in [-0.25, -0.2) is 4.98 Å². The number of nitrogens with one attached hydrogen (secondary N) is 1. The van der Waals surface area contributed by atoms with Crippen molar-refractivity contribution in [2.45, 2.75) is 13.3 Å². The summed E-state index contributed by atoms with van der Waals surface area (Å²) in [4.78, 5) is 4.87. The molecule has 1 aliphatic heterocycles. The van der Waals surface area contributed by atoms with Crippen LogP contribution in [0.3, 0.4) is 0 Å². The van der Waals surface area contributed by atoms with E-state index in [0.29, 0.717) is 4.99 Å². The van der Waals surface area contributed by atoms with Crippen LogP contribution in [0.5, 0.6) is 0 Å². The maximum Gasteiger partial charge on any atom is 0.136 e.